The summed E-state index contributed by atoms with van der Waals surface area (Å²) in [4.78, 5) is 25.6. The Kier molecular flexibility index (Phi) is 7.08. The van der Waals surface area contributed by atoms with Gasteiger partial charge in [0.25, 0.3) is 11.8 Å². The predicted molar refractivity (Wildman–Crippen MR) is 137 cm³/mol. The lowest BCUT2D eigenvalue weighted by Crippen LogP contribution is -2.15. The SMILES string of the molecule is Cc1c(NC(=O)c2ccccc2)cccc1NC(=O)c1ccc(CS(=O)(=O)c2ccccc2)cc1. The summed E-state index contributed by atoms with van der Waals surface area (Å²) in [6.07, 6.45) is 0. The van der Waals surface area contributed by atoms with Gasteiger partial charge in [-0.1, -0.05) is 54.6 Å². The standard InChI is InChI=1S/C28H24N2O4S/c1-20-25(29-27(31)22-9-4-2-5-10-22)13-8-14-26(20)30-28(32)23-17-15-21(16-18-23)19-35(33,34)24-11-6-3-7-12-24/h2-18H,19H2,1H3,(H,29,31)(H,30,32). The molecule has 2 amide bonds. The van der Waals surface area contributed by atoms with E-state index < -0.39 is 9.84 Å². The lowest BCUT2D eigenvalue weighted by Gasteiger charge is -2.14. The molecule has 0 aliphatic heterocycles. The molecule has 4 aromatic carbocycles. The van der Waals surface area contributed by atoms with Crippen LogP contribution in [-0.2, 0) is 15.6 Å². The normalized spacial score (nSPS) is 11.0. The summed E-state index contributed by atoms with van der Waals surface area (Å²) in [6.45, 7) is 1.81. The number of sulfone groups is 1. The Bertz CT molecular complexity index is 1450. The summed E-state index contributed by atoms with van der Waals surface area (Å²) in [5.74, 6) is -0.725. The van der Waals surface area contributed by atoms with Gasteiger partial charge in [0.2, 0.25) is 0 Å². The summed E-state index contributed by atoms with van der Waals surface area (Å²) in [7, 11) is -3.47. The summed E-state index contributed by atoms with van der Waals surface area (Å²) in [5, 5.41) is 5.74. The highest BCUT2D eigenvalue weighted by atomic mass is 32.2. The van der Waals surface area contributed by atoms with Crippen molar-refractivity contribution in [2.24, 2.45) is 0 Å². The van der Waals surface area contributed by atoms with E-state index in [-0.39, 0.29) is 22.5 Å². The molecule has 0 heterocycles. The predicted octanol–water partition coefficient (Wildman–Crippen LogP) is 5.47. The van der Waals surface area contributed by atoms with E-state index >= 15 is 0 Å². The Labute approximate surface area is 204 Å². The van der Waals surface area contributed by atoms with Gasteiger partial charge in [-0.15, -0.1) is 0 Å². The molecule has 0 aliphatic carbocycles. The van der Waals surface area contributed by atoms with Crippen molar-refractivity contribution in [1.29, 1.82) is 0 Å². The van der Waals surface area contributed by atoms with Gasteiger partial charge in [0.05, 0.1) is 10.6 Å². The molecule has 0 aliphatic rings. The van der Waals surface area contributed by atoms with E-state index in [4.69, 9.17) is 0 Å². The fraction of sp³-hybridized carbons (Fsp3) is 0.0714. The smallest absolute Gasteiger partial charge is 0.255 e. The Morgan fingerprint density at radius 3 is 1.66 bits per heavy atom. The zero-order valence-corrected chi connectivity index (χ0v) is 19.9. The van der Waals surface area contributed by atoms with Crippen LogP contribution in [0.4, 0.5) is 11.4 Å². The number of nitrogens with one attached hydrogen (secondary N) is 2. The van der Waals surface area contributed by atoms with Crippen molar-refractivity contribution in [2.75, 3.05) is 10.6 Å². The molecule has 0 saturated carbocycles. The van der Waals surface area contributed by atoms with Crippen molar-refractivity contribution in [3.8, 4) is 0 Å². The highest BCUT2D eigenvalue weighted by molar-refractivity contribution is 7.90. The van der Waals surface area contributed by atoms with E-state index in [0.717, 1.165) is 5.56 Å². The molecule has 6 nitrogen and oxygen atoms in total. The third-order valence-corrected chi connectivity index (χ3v) is 7.25. The molecule has 0 atom stereocenters. The van der Waals surface area contributed by atoms with Gasteiger partial charge in [0.15, 0.2) is 9.84 Å². The van der Waals surface area contributed by atoms with Crippen molar-refractivity contribution in [1.82, 2.24) is 0 Å². The largest absolute Gasteiger partial charge is 0.322 e. The molecule has 0 fully saturated rings. The van der Waals surface area contributed by atoms with Gasteiger partial charge in [0.1, 0.15) is 0 Å². The number of rotatable bonds is 7. The first-order chi connectivity index (χ1) is 16.8. The highest BCUT2D eigenvalue weighted by Crippen LogP contribution is 2.25. The zero-order valence-electron chi connectivity index (χ0n) is 19.1. The number of anilines is 2. The van der Waals surface area contributed by atoms with Crippen LogP contribution in [0.1, 0.15) is 31.8 Å². The van der Waals surface area contributed by atoms with Crippen LogP contribution in [0.25, 0.3) is 0 Å². The lowest BCUT2D eigenvalue weighted by molar-refractivity contribution is 0.101. The molecule has 0 spiro atoms. The maximum absolute atomic E-state index is 12.8. The Balaban J connectivity index is 1.44. The molecule has 0 unspecified atom stereocenters. The minimum absolute atomic E-state index is 0.152. The second-order valence-corrected chi connectivity index (χ2v) is 10.0. The van der Waals surface area contributed by atoms with Gasteiger partial charge in [-0.2, -0.15) is 0 Å². The van der Waals surface area contributed by atoms with Crippen molar-refractivity contribution >= 4 is 33.0 Å². The minimum atomic E-state index is -3.47. The highest BCUT2D eigenvalue weighted by Gasteiger charge is 2.16. The number of carbonyl (C=O) groups excluding carboxylic acids is 2. The van der Waals surface area contributed by atoms with Gasteiger partial charge in [0, 0.05) is 22.5 Å². The molecular formula is C28H24N2O4S. The fourth-order valence-electron chi connectivity index (χ4n) is 3.57. The number of hydrogen-bond donors (Lipinski definition) is 2. The molecule has 4 aromatic rings. The molecule has 0 saturated heterocycles. The Morgan fingerprint density at radius 1 is 0.629 bits per heavy atom. The zero-order chi connectivity index (χ0) is 24.8. The monoisotopic (exact) mass is 484 g/mol. The maximum Gasteiger partial charge on any atom is 0.255 e. The number of hydrogen-bond acceptors (Lipinski definition) is 4. The third-order valence-electron chi connectivity index (χ3n) is 5.54. The first-order valence-electron chi connectivity index (χ1n) is 11.0. The molecular weight excluding hydrogens is 460 g/mol. The van der Waals surface area contributed by atoms with E-state index in [2.05, 4.69) is 10.6 Å². The van der Waals surface area contributed by atoms with Crippen LogP contribution >= 0.6 is 0 Å². The van der Waals surface area contributed by atoms with Crippen LogP contribution in [0.2, 0.25) is 0 Å². The second kappa shape index (κ2) is 10.4. The van der Waals surface area contributed by atoms with E-state index in [1.54, 1.807) is 97.1 Å². The van der Waals surface area contributed by atoms with E-state index in [1.807, 2.05) is 13.0 Å². The molecule has 35 heavy (non-hydrogen) atoms. The third kappa shape index (κ3) is 5.83. The van der Waals surface area contributed by atoms with E-state index in [9.17, 15) is 18.0 Å². The molecule has 0 aromatic heterocycles. The van der Waals surface area contributed by atoms with Crippen molar-refractivity contribution in [2.45, 2.75) is 17.6 Å². The average molecular weight is 485 g/mol. The van der Waals surface area contributed by atoms with Gasteiger partial charge in [-0.3, -0.25) is 9.59 Å². The summed E-state index contributed by atoms with van der Waals surface area (Å²) in [5.41, 5.74) is 3.40. The number of amides is 2. The Hall–Kier alpha value is -4.23. The fourth-order valence-corrected chi connectivity index (χ4v) is 4.94. The minimum Gasteiger partial charge on any atom is -0.322 e. The van der Waals surface area contributed by atoms with E-state index in [0.29, 0.717) is 28.1 Å². The van der Waals surface area contributed by atoms with Gasteiger partial charge in [-0.05, 0) is 66.6 Å². The lowest BCUT2D eigenvalue weighted by atomic mass is 10.1. The molecule has 0 radical (unpaired) electrons. The average Bonchev–Trinajstić information content (AvgIpc) is 2.87. The Morgan fingerprint density at radius 2 is 1.11 bits per heavy atom. The first-order valence-corrected chi connectivity index (χ1v) is 12.6. The van der Waals surface area contributed by atoms with Gasteiger partial charge >= 0.3 is 0 Å². The van der Waals surface area contributed by atoms with Crippen molar-refractivity contribution in [3.05, 3.63) is 125 Å². The summed E-state index contributed by atoms with van der Waals surface area (Å²) in [6, 6.07) is 28.9. The molecule has 7 heteroatoms. The molecule has 0 bridgehead atoms. The van der Waals surface area contributed by atoms with Gasteiger partial charge < -0.3 is 10.6 Å². The summed E-state index contributed by atoms with van der Waals surface area (Å²) >= 11 is 0. The number of carbonyl (C=O) groups is 2. The quantitative estimate of drug-likeness (QED) is 0.364. The van der Waals surface area contributed by atoms with Crippen LogP contribution in [0, 0.1) is 6.92 Å². The van der Waals surface area contributed by atoms with Crippen LogP contribution < -0.4 is 10.6 Å². The van der Waals surface area contributed by atoms with Crippen molar-refractivity contribution in [3.63, 3.8) is 0 Å². The molecule has 176 valence electrons. The second-order valence-electron chi connectivity index (χ2n) is 8.02. The molecule has 4 rings (SSSR count). The molecule has 2 N–H and O–H groups in total. The van der Waals surface area contributed by atoms with Gasteiger partial charge in [-0.25, -0.2) is 8.42 Å². The summed E-state index contributed by atoms with van der Waals surface area (Å²) < 4.78 is 25.2. The first kappa shape index (κ1) is 23.9. The number of benzene rings is 4. The van der Waals surface area contributed by atoms with E-state index in [1.165, 1.54) is 0 Å². The maximum atomic E-state index is 12.8. The van der Waals surface area contributed by atoms with Crippen LogP contribution in [0.15, 0.2) is 108 Å². The van der Waals surface area contributed by atoms with Crippen LogP contribution in [-0.4, -0.2) is 20.2 Å². The van der Waals surface area contributed by atoms with Crippen LogP contribution in [0.3, 0.4) is 0 Å². The van der Waals surface area contributed by atoms with Crippen LogP contribution in [0.5, 0.6) is 0 Å². The van der Waals surface area contributed by atoms with Crippen molar-refractivity contribution < 1.29 is 18.0 Å². The topological polar surface area (TPSA) is 92.3 Å².